The van der Waals surface area contributed by atoms with Gasteiger partial charge in [0, 0.05) is 12.3 Å². The van der Waals surface area contributed by atoms with Crippen LogP contribution < -0.4 is 14.8 Å². The monoisotopic (exact) mass is 384 g/mol. The molecule has 2 aromatic rings. The van der Waals surface area contributed by atoms with E-state index in [9.17, 15) is 14.7 Å². The fourth-order valence-corrected chi connectivity index (χ4v) is 3.51. The number of amides is 1. The molecule has 7 nitrogen and oxygen atoms in total. The predicted molar refractivity (Wildman–Crippen MR) is 102 cm³/mol. The number of ether oxygens (including phenoxy) is 2. The van der Waals surface area contributed by atoms with Crippen molar-refractivity contribution in [3.05, 3.63) is 48.7 Å². The first-order valence-corrected chi connectivity index (χ1v) is 9.32. The lowest BCUT2D eigenvalue weighted by Gasteiger charge is -2.39. The van der Waals surface area contributed by atoms with Crippen LogP contribution in [0.3, 0.4) is 0 Å². The van der Waals surface area contributed by atoms with E-state index in [4.69, 9.17) is 9.47 Å². The SMILES string of the molecule is CC1(NC(=O)COc2ccc(Oc3ccccn3)cc2)CCCCC1C(=O)O. The van der Waals surface area contributed by atoms with Gasteiger partial charge in [-0.3, -0.25) is 9.59 Å². The average molecular weight is 384 g/mol. The van der Waals surface area contributed by atoms with Gasteiger partial charge < -0.3 is 19.9 Å². The number of carboxylic acids is 1. The highest BCUT2D eigenvalue weighted by atomic mass is 16.5. The van der Waals surface area contributed by atoms with Gasteiger partial charge in [0.2, 0.25) is 5.88 Å². The smallest absolute Gasteiger partial charge is 0.308 e. The number of hydrogen-bond acceptors (Lipinski definition) is 5. The summed E-state index contributed by atoms with van der Waals surface area (Å²) in [6.07, 6.45) is 4.64. The van der Waals surface area contributed by atoms with Crippen molar-refractivity contribution in [3.63, 3.8) is 0 Å². The highest BCUT2D eigenvalue weighted by Gasteiger charge is 2.42. The Labute approximate surface area is 163 Å². The molecular formula is C21H24N2O5. The van der Waals surface area contributed by atoms with Crippen molar-refractivity contribution in [1.29, 1.82) is 0 Å². The van der Waals surface area contributed by atoms with Crippen LogP contribution in [-0.4, -0.2) is 34.1 Å². The van der Waals surface area contributed by atoms with E-state index in [0.29, 0.717) is 30.2 Å². The van der Waals surface area contributed by atoms with E-state index in [0.717, 1.165) is 12.8 Å². The van der Waals surface area contributed by atoms with Crippen molar-refractivity contribution in [2.24, 2.45) is 5.92 Å². The molecule has 1 heterocycles. The molecule has 0 spiro atoms. The van der Waals surface area contributed by atoms with Gasteiger partial charge in [-0.15, -0.1) is 0 Å². The summed E-state index contributed by atoms with van der Waals surface area (Å²) < 4.78 is 11.1. The van der Waals surface area contributed by atoms with Crippen LogP contribution >= 0.6 is 0 Å². The molecule has 148 valence electrons. The third-order valence-electron chi connectivity index (χ3n) is 4.98. The van der Waals surface area contributed by atoms with Gasteiger partial charge in [-0.25, -0.2) is 4.98 Å². The first-order chi connectivity index (χ1) is 13.5. The number of nitrogens with zero attached hydrogens (tertiary/aromatic N) is 1. The summed E-state index contributed by atoms with van der Waals surface area (Å²) >= 11 is 0. The highest BCUT2D eigenvalue weighted by molar-refractivity contribution is 5.80. The van der Waals surface area contributed by atoms with Crippen molar-refractivity contribution in [1.82, 2.24) is 10.3 Å². The molecule has 1 aliphatic carbocycles. The summed E-state index contributed by atoms with van der Waals surface area (Å²) in [7, 11) is 0. The average Bonchev–Trinajstić information content (AvgIpc) is 2.68. The minimum Gasteiger partial charge on any atom is -0.484 e. The first kappa shape index (κ1) is 19.7. The van der Waals surface area contributed by atoms with Crippen LogP contribution in [0.1, 0.15) is 32.6 Å². The van der Waals surface area contributed by atoms with E-state index >= 15 is 0 Å². The Morgan fingerprint density at radius 2 is 1.93 bits per heavy atom. The second-order valence-electron chi connectivity index (χ2n) is 7.13. The van der Waals surface area contributed by atoms with Crippen molar-refractivity contribution in [2.45, 2.75) is 38.1 Å². The van der Waals surface area contributed by atoms with Crippen LogP contribution in [0.4, 0.5) is 0 Å². The van der Waals surface area contributed by atoms with E-state index in [1.165, 1.54) is 0 Å². The Morgan fingerprint density at radius 3 is 2.61 bits per heavy atom. The maximum atomic E-state index is 12.3. The fraction of sp³-hybridized carbons (Fsp3) is 0.381. The number of carbonyl (C=O) groups is 2. The van der Waals surface area contributed by atoms with E-state index in [2.05, 4.69) is 10.3 Å². The molecule has 1 fully saturated rings. The Bertz CT molecular complexity index is 809. The number of benzene rings is 1. The van der Waals surface area contributed by atoms with Gasteiger partial charge in [0.05, 0.1) is 11.5 Å². The summed E-state index contributed by atoms with van der Waals surface area (Å²) in [6, 6.07) is 12.3. The minimum absolute atomic E-state index is 0.178. The summed E-state index contributed by atoms with van der Waals surface area (Å²) in [6.45, 7) is 1.62. The summed E-state index contributed by atoms with van der Waals surface area (Å²) in [5.41, 5.74) is -0.745. The number of pyridine rings is 1. The lowest BCUT2D eigenvalue weighted by atomic mass is 9.74. The summed E-state index contributed by atoms with van der Waals surface area (Å²) in [5.74, 6) is -0.157. The number of aromatic nitrogens is 1. The molecule has 0 bridgehead atoms. The summed E-state index contributed by atoms with van der Waals surface area (Å²) in [4.78, 5) is 27.9. The molecule has 1 aliphatic rings. The fourth-order valence-electron chi connectivity index (χ4n) is 3.51. The number of rotatable bonds is 7. The van der Waals surface area contributed by atoms with Crippen LogP contribution in [0.2, 0.25) is 0 Å². The molecule has 0 saturated heterocycles. The molecule has 0 aliphatic heterocycles. The Morgan fingerprint density at radius 1 is 1.18 bits per heavy atom. The van der Waals surface area contributed by atoms with Crippen LogP contribution in [0.5, 0.6) is 17.4 Å². The molecule has 1 aromatic heterocycles. The molecule has 1 aromatic carbocycles. The van der Waals surface area contributed by atoms with Gasteiger partial charge in [0.25, 0.3) is 5.91 Å². The normalized spacial score (nSPS) is 21.5. The zero-order valence-electron chi connectivity index (χ0n) is 15.8. The quantitative estimate of drug-likeness (QED) is 0.759. The van der Waals surface area contributed by atoms with Gasteiger partial charge in [-0.2, -0.15) is 0 Å². The van der Waals surface area contributed by atoms with E-state index in [1.54, 1.807) is 49.5 Å². The van der Waals surface area contributed by atoms with Crippen LogP contribution in [0.15, 0.2) is 48.7 Å². The van der Waals surface area contributed by atoms with Gasteiger partial charge in [-0.1, -0.05) is 18.9 Å². The van der Waals surface area contributed by atoms with Crippen molar-refractivity contribution >= 4 is 11.9 Å². The standard InChI is InChI=1S/C21H24N2O5/c1-21(12-4-2-6-17(21)20(25)26)23-18(24)14-27-15-8-10-16(11-9-15)28-19-7-3-5-13-22-19/h3,5,7-11,13,17H,2,4,6,12,14H2,1H3,(H,23,24)(H,25,26). The largest absolute Gasteiger partial charge is 0.484 e. The molecule has 3 rings (SSSR count). The Kier molecular flexibility index (Phi) is 6.13. The molecule has 1 amide bonds. The van der Waals surface area contributed by atoms with Crippen LogP contribution in [0, 0.1) is 5.92 Å². The predicted octanol–water partition coefficient (Wildman–Crippen LogP) is 3.40. The minimum atomic E-state index is -0.869. The van der Waals surface area contributed by atoms with Crippen LogP contribution in [0.25, 0.3) is 0 Å². The maximum Gasteiger partial charge on any atom is 0.308 e. The zero-order valence-corrected chi connectivity index (χ0v) is 15.8. The third kappa shape index (κ3) is 5.00. The van der Waals surface area contributed by atoms with E-state index in [1.807, 2.05) is 6.07 Å². The second-order valence-corrected chi connectivity index (χ2v) is 7.13. The van der Waals surface area contributed by atoms with Crippen molar-refractivity contribution in [2.75, 3.05) is 6.61 Å². The van der Waals surface area contributed by atoms with Crippen LogP contribution in [-0.2, 0) is 9.59 Å². The molecule has 7 heteroatoms. The molecule has 0 radical (unpaired) electrons. The number of hydrogen-bond donors (Lipinski definition) is 2. The Hall–Kier alpha value is -3.09. The summed E-state index contributed by atoms with van der Waals surface area (Å²) in [5, 5.41) is 12.3. The maximum absolute atomic E-state index is 12.3. The third-order valence-corrected chi connectivity index (χ3v) is 4.98. The van der Waals surface area contributed by atoms with E-state index in [-0.39, 0.29) is 12.5 Å². The second kappa shape index (κ2) is 8.73. The number of carboxylic acid groups (broad SMARTS) is 1. The van der Waals surface area contributed by atoms with Gasteiger partial charge in [-0.05, 0) is 50.1 Å². The molecule has 28 heavy (non-hydrogen) atoms. The van der Waals surface area contributed by atoms with E-state index < -0.39 is 17.4 Å². The van der Waals surface area contributed by atoms with Crippen molar-refractivity contribution < 1.29 is 24.2 Å². The highest BCUT2D eigenvalue weighted by Crippen LogP contribution is 2.33. The lowest BCUT2D eigenvalue weighted by Crippen LogP contribution is -2.56. The van der Waals surface area contributed by atoms with Crippen molar-refractivity contribution in [3.8, 4) is 17.4 Å². The molecule has 2 atom stereocenters. The Balaban J connectivity index is 1.52. The topological polar surface area (TPSA) is 97.8 Å². The number of aliphatic carboxylic acids is 1. The first-order valence-electron chi connectivity index (χ1n) is 9.32. The van der Waals surface area contributed by atoms with Gasteiger partial charge in [0.1, 0.15) is 11.5 Å². The molecule has 2 N–H and O–H groups in total. The molecule has 1 saturated carbocycles. The number of carbonyl (C=O) groups excluding carboxylic acids is 1. The zero-order chi connectivity index (χ0) is 20.0. The molecular weight excluding hydrogens is 360 g/mol. The molecule has 2 unspecified atom stereocenters. The van der Waals surface area contributed by atoms with Gasteiger partial charge >= 0.3 is 5.97 Å². The lowest BCUT2D eigenvalue weighted by molar-refractivity contribution is -0.146. The number of nitrogens with one attached hydrogen (secondary N) is 1. The van der Waals surface area contributed by atoms with Gasteiger partial charge in [0.15, 0.2) is 6.61 Å².